The number of hydrogen-bond donors (Lipinski definition) is 1. The molecule has 2 aromatic carbocycles. The van der Waals surface area contributed by atoms with Crippen molar-refractivity contribution in [2.75, 3.05) is 26.1 Å². The molecule has 7 heteroatoms. The molecule has 0 fully saturated rings. The third-order valence-corrected chi connectivity index (χ3v) is 5.40. The van der Waals surface area contributed by atoms with Gasteiger partial charge in [0.2, 0.25) is 0 Å². The zero-order valence-electron chi connectivity index (χ0n) is 16.0. The lowest BCUT2D eigenvalue weighted by atomic mass is 10.2. The first kappa shape index (κ1) is 20.4. The zero-order valence-corrected chi connectivity index (χ0v) is 16.8. The van der Waals surface area contributed by atoms with Gasteiger partial charge in [0, 0.05) is 12.9 Å². The van der Waals surface area contributed by atoms with Gasteiger partial charge in [-0.3, -0.25) is 9.36 Å². The summed E-state index contributed by atoms with van der Waals surface area (Å²) < 4.78 is 12.4. The molecule has 0 aliphatic rings. The first-order valence-electron chi connectivity index (χ1n) is 9.08. The van der Waals surface area contributed by atoms with E-state index in [0.29, 0.717) is 35.0 Å². The third-order valence-electron chi connectivity index (χ3n) is 4.28. The van der Waals surface area contributed by atoms with Gasteiger partial charge in [-0.05, 0) is 30.7 Å². The summed E-state index contributed by atoms with van der Waals surface area (Å²) in [7, 11) is 1.60. The molecule has 28 heavy (non-hydrogen) atoms. The molecule has 0 spiro atoms. The third kappa shape index (κ3) is 4.92. The Hall–Kier alpha value is -2.35. The molecule has 0 saturated heterocycles. The molecule has 148 valence electrons. The zero-order chi connectivity index (χ0) is 19.9. The van der Waals surface area contributed by atoms with Gasteiger partial charge in [0.25, 0.3) is 5.56 Å². The van der Waals surface area contributed by atoms with Gasteiger partial charge in [-0.2, -0.15) is 0 Å². The predicted octanol–water partition coefficient (Wildman–Crippen LogP) is 2.88. The Morgan fingerprint density at radius 3 is 2.71 bits per heavy atom. The molecule has 0 unspecified atom stereocenters. The van der Waals surface area contributed by atoms with Crippen molar-refractivity contribution in [2.24, 2.45) is 0 Å². The topological polar surface area (TPSA) is 73.6 Å². The summed E-state index contributed by atoms with van der Waals surface area (Å²) in [5.74, 6) is 1.12. The number of aromatic nitrogens is 2. The van der Waals surface area contributed by atoms with Crippen LogP contribution in [0.5, 0.6) is 5.75 Å². The van der Waals surface area contributed by atoms with Crippen molar-refractivity contribution < 1.29 is 14.6 Å². The summed E-state index contributed by atoms with van der Waals surface area (Å²) in [4.78, 5) is 17.4. The number of aliphatic hydroxyl groups excluding tert-OH is 1. The molecule has 1 heterocycles. The number of hydrogen-bond acceptors (Lipinski definition) is 6. The number of benzene rings is 2. The van der Waals surface area contributed by atoms with E-state index in [-0.39, 0.29) is 12.2 Å². The average Bonchev–Trinajstić information content (AvgIpc) is 2.71. The monoisotopic (exact) mass is 400 g/mol. The number of rotatable bonds is 9. The Bertz CT molecular complexity index is 990. The van der Waals surface area contributed by atoms with E-state index in [1.54, 1.807) is 17.7 Å². The maximum Gasteiger partial charge on any atom is 0.262 e. The first-order chi connectivity index (χ1) is 13.6. The number of methoxy groups -OCH3 is 1. The average molecular weight is 401 g/mol. The van der Waals surface area contributed by atoms with Gasteiger partial charge in [-0.25, -0.2) is 4.98 Å². The van der Waals surface area contributed by atoms with Crippen LogP contribution in [0, 0.1) is 6.92 Å². The van der Waals surface area contributed by atoms with E-state index >= 15 is 0 Å². The molecule has 6 nitrogen and oxygen atoms in total. The molecule has 0 saturated carbocycles. The lowest BCUT2D eigenvalue weighted by molar-refractivity contribution is 0.126. The Balaban J connectivity index is 1.72. The van der Waals surface area contributed by atoms with Crippen molar-refractivity contribution in [2.45, 2.75) is 24.7 Å². The highest BCUT2D eigenvalue weighted by Crippen LogP contribution is 2.20. The fourth-order valence-electron chi connectivity index (χ4n) is 2.76. The molecule has 3 rings (SSSR count). The minimum Gasteiger partial charge on any atom is -0.491 e. The second kappa shape index (κ2) is 9.73. The Morgan fingerprint density at radius 1 is 1.18 bits per heavy atom. The van der Waals surface area contributed by atoms with Gasteiger partial charge in [0.15, 0.2) is 5.16 Å². The molecule has 0 bridgehead atoms. The fourth-order valence-corrected chi connectivity index (χ4v) is 3.69. The molecule has 1 atom stereocenters. The van der Waals surface area contributed by atoms with E-state index in [4.69, 9.17) is 9.47 Å². The Kier molecular flexibility index (Phi) is 7.08. The molecule has 3 aromatic rings. The summed E-state index contributed by atoms with van der Waals surface area (Å²) in [5, 5.41) is 11.5. The summed E-state index contributed by atoms with van der Waals surface area (Å²) in [6.07, 6.45) is -0.691. The quantitative estimate of drug-likeness (QED) is 0.440. The largest absolute Gasteiger partial charge is 0.491 e. The smallest absolute Gasteiger partial charge is 0.262 e. The van der Waals surface area contributed by atoms with Crippen LogP contribution in [-0.2, 0) is 11.3 Å². The van der Waals surface area contributed by atoms with Crippen LogP contribution in [-0.4, -0.2) is 46.8 Å². The van der Waals surface area contributed by atoms with Crippen molar-refractivity contribution in [3.05, 3.63) is 64.4 Å². The van der Waals surface area contributed by atoms with Crippen LogP contribution in [0.3, 0.4) is 0 Å². The molecular formula is C21H24N2O4S. The van der Waals surface area contributed by atoms with E-state index in [2.05, 4.69) is 4.98 Å². The van der Waals surface area contributed by atoms with E-state index < -0.39 is 6.10 Å². The number of aliphatic hydroxyl groups is 1. The van der Waals surface area contributed by atoms with Crippen LogP contribution in [0.15, 0.2) is 58.5 Å². The summed E-state index contributed by atoms with van der Waals surface area (Å²) in [5.41, 5.74) is 1.57. The van der Waals surface area contributed by atoms with Crippen LogP contribution < -0.4 is 10.3 Å². The molecule has 1 N–H and O–H groups in total. The van der Waals surface area contributed by atoms with Gasteiger partial charge in [0.1, 0.15) is 12.4 Å². The van der Waals surface area contributed by atoms with Crippen LogP contribution in [0.25, 0.3) is 10.9 Å². The lowest BCUT2D eigenvalue weighted by Gasteiger charge is -2.16. The van der Waals surface area contributed by atoms with Crippen LogP contribution in [0.2, 0.25) is 0 Å². The molecular weight excluding hydrogens is 376 g/mol. The van der Waals surface area contributed by atoms with Gasteiger partial charge < -0.3 is 14.6 Å². The van der Waals surface area contributed by atoms with Crippen LogP contribution >= 0.6 is 11.8 Å². The highest BCUT2D eigenvalue weighted by Gasteiger charge is 2.14. The van der Waals surface area contributed by atoms with E-state index in [0.717, 1.165) is 11.3 Å². The van der Waals surface area contributed by atoms with E-state index in [9.17, 15) is 9.90 Å². The van der Waals surface area contributed by atoms with Crippen LogP contribution in [0.1, 0.15) is 5.56 Å². The summed E-state index contributed by atoms with van der Waals surface area (Å²) in [6, 6.07) is 15.0. The first-order valence-corrected chi connectivity index (χ1v) is 10.1. The van der Waals surface area contributed by atoms with Gasteiger partial charge >= 0.3 is 0 Å². The number of thioether (sulfide) groups is 1. The highest BCUT2D eigenvalue weighted by molar-refractivity contribution is 7.99. The molecule has 0 radical (unpaired) electrons. The number of nitrogens with zero attached hydrogens (tertiary/aromatic N) is 2. The fraction of sp³-hybridized carbons (Fsp3) is 0.333. The second-order valence-electron chi connectivity index (χ2n) is 6.40. The molecule has 1 aromatic heterocycles. The Labute approximate surface area is 168 Å². The van der Waals surface area contributed by atoms with Gasteiger partial charge in [0.05, 0.1) is 30.2 Å². The molecule has 0 aliphatic carbocycles. The van der Waals surface area contributed by atoms with Crippen molar-refractivity contribution in [3.8, 4) is 5.75 Å². The highest BCUT2D eigenvalue weighted by atomic mass is 32.2. The maximum absolute atomic E-state index is 12.8. The Morgan fingerprint density at radius 2 is 1.93 bits per heavy atom. The van der Waals surface area contributed by atoms with E-state index in [1.807, 2.05) is 49.4 Å². The SMILES string of the molecule is COCCn1c(SC[C@H](O)COc2ccccc2C)nc2ccccc2c1=O. The normalized spacial score (nSPS) is 12.2. The standard InChI is InChI=1S/C21H24N2O4S/c1-15-7-3-6-10-19(15)27-13-16(24)14-28-21-22-18-9-5-4-8-17(18)20(25)23(21)11-12-26-2/h3-10,16,24H,11-14H2,1-2H3/t16-/m1/s1. The van der Waals surface area contributed by atoms with Crippen molar-refractivity contribution in [1.82, 2.24) is 9.55 Å². The second-order valence-corrected chi connectivity index (χ2v) is 7.39. The van der Waals surface area contributed by atoms with Crippen molar-refractivity contribution in [1.29, 1.82) is 0 Å². The molecule has 0 aliphatic heterocycles. The number of fused-ring (bicyclic) bond motifs is 1. The summed E-state index contributed by atoms with van der Waals surface area (Å²) in [6.45, 7) is 2.95. The lowest BCUT2D eigenvalue weighted by Crippen LogP contribution is -2.26. The van der Waals surface area contributed by atoms with Crippen molar-refractivity contribution in [3.63, 3.8) is 0 Å². The minimum absolute atomic E-state index is 0.101. The maximum atomic E-state index is 12.8. The van der Waals surface area contributed by atoms with Crippen molar-refractivity contribution >= 4 is 22.7 Å². The van der Waals surface area contributed by atoms with Gasteiger partial charge in [-0.1, -0.05) is 42.1 Å². The van der Waals surface area contributed by atoms with Gasteiger partial charge in [-0.15, -0.1) is 0 Å². The number of para-hydroxylation sites is 2. The number of ether oxygens (including phenoxy) is 2. The predicted molar refractivity (Wildman–Crippen MR) is 111 cm³/mol. The minimum atomic E-state index is -0.691. The number of aryl methyl sites for hydroxylation is 1. The van der Waals surface area contributed by atoms with Crippen LogP contribution in [0.4, 0.5) is 0 Å². The molecule has 0 amide bonds. The summed E-state index contributed by atoms with van der Waals surface area (Å²) >= 11 is 1.34. The van der Waals surface area contributed by atoms with E-state index in [1.165, 1.54) is 11.8 Å².